The monoisotopic (exact) mass is 329 g/mol. The van der Waals surface area contributed by atoms with Crippen LogP contribution in [0.2, 0.25) is 0 Å². The van der Waals surface area contributed by atoms with Crippen LogP contribution >= 0.6 is 11.8 Å². The van der Waals surface area contributed by atoms with Crippen LogP contribution in [0.5, 0.6) is 0 Å². The summed E-state index contributed by atoms with van der Waals surface area (Å²) in [4.78, 5) is 26.2. The van der Waals surface area contributed by atoms with Crippen molar-refractivity contribution in [2.75, 3.05) is 18.6 Å². The Morgan fingerprint density at radius 2 is 1.87 bits per heavy atom. The first kappa shape index (κ1) is 16.9. The first-order valence-electron chi connectivity index (χ1n) is 7.04. The number of amides is 3. The zero-order chi connectivity index (χ0) is 16.8. The molecule has 0 fully saturated rings. The Morgan fingerprint density at radius 3 is 2.48 bits per heavy atom. The topological polar surface area (TPSA) is 75.4 Å². The van der Waals surface area contributed by atoms with Crippen molar-refractivity contribution in [3.05, 3.63) is 59.7 Å². The smallest absolute Gasteiger partial charge is 0.316 e. The van der Waals surface area contributed by atoms with Gasteiger partial charge in [0.05, 0.1) is 0 Å². The molecule has 120 valence electrons. The predicted molar refractivity (Wildman–Crippen MR) is 93.7 cm³/mol. The number of nitrogens with zero attached hydrogens (tertiary/aromatic N) is 1. The fourth-order valence-electron chi connectivity index (χ4n) is 2.17. The number of thioether (sulfide) groups is 1. The number of urea groups is 1. The van der Waals surface area contributed by atoms with Gasteiger partial charge in [0.15, 0.2) is 0 Å². The number of carbonyl (C=O) groups excluding carboxylic acids is 2. The van der Waals surface area contributed by atoms with Crippen LogP contribution in [-0.2, 0) is 6.54 Å². The van der Waals surface area contributed by atoms with E-state index in [9.17, 15) is 9.59 Å². The van der Waals surface area contributed by atoms with Gasteiger partial charge in [-0.15, -0.1) is 11.8 Å². The molecule has 0 unspecified atom stereocenters. The maximum atomic E-state index is 12.5. The summed E-state index contributed by atoms with van der Waals surface area (Å²) in [5, 5.41) is 2.47. The Hall–Kier alpha value is -2.47. The van der Waals surface area contributed by atoms with E-state index < -0.39 is 6.03 Å². The van der Waals surface area contributed by atoms with E-state index in [1.165, 1.54) is 4.90 Å². The minimum atomic E-state index is -0.656. The van der Waals surface area contributed by atoms with Crippen LogP contribution in [0, 0.1) is 0 Å². The number of carbonyl (C=O) groups is 2. The van der Waals surface area contributed by atoms with Crippen molar-refractivity contribution < 1.29 is 9.59 Å². The van der Waals surface area contributed by atoms with E-state index in [0.717, 1.165) is 5.56 Å². The summed E-state index contributed by atoms with van der Waals surface area (Å²) in [6.07, 6.45) is 2.03. The van der Waals surface area contributed by atoms with Gasteiger partial charge in [-0.2, -0.15) is 0 Å². The normalized spacial score (nSPS) is 10.2. The molecule has 0 atom stereocenters. The van der Waals surface area contributed by atoms with Gasteiger partial charge in [0, 0.05) is 29.7 Å². The highest BCUT2D eigenvalue weighted by Gasteiger charge is 2.13. The first-order valence-corrected chi connectivity index (χ1v) is 8.27. The Balaban J connectivity index is 2.07. The summed E-state index contributed by atoms with van der Waals surface area (Å²) in [7, 11) is 1.75. The lowest BCUT2D eigenvalue weighted by Gasteiger charge is -2.18. The Morgan fingerprint density at radius 1 is 1.17 bits per heavy atom. The van der Waals surface area contributed by atoms with Crippen molar-refractivity contribution in [2.45, 2.75) is 11.4 Å². The molecule has 0 heterocycles. The number of primary amides is 1. The molecule has 23 heavy (non-hydrogen) atoms. The van der Waals surface area contributed by atoms with Crippen molar-refractivity contribution in [3.63, 3.8) is 0 Å². The van der Waals surface area contributed by atoms with Gasteiger partial charge in [-0.25, -0.2) is 4.79 Å². The molecule has 3 N–H and O–H groups in total. The third-order valence-corrected chi connectivity index (χ3v) is 4.05. The van der Waals surface area contributed by atoms with E-state index in [1.54, 1.807) is 48.0 Å². The second-order valence-corrected chi connectivity index (χ2v) is 5.96. The molecule has 6 heteroatoms. The van der Waals surface area contributed by atoms with Gasteiger partial charge in [-0.05, 0) is 42.2 Å². The highest BCUT2D eigenvalue weighted by Crippen LogP contribution is 2.17. The minimum Gasteiger partial charge on any atom is -0.351 e. The lowest BCUT2D eigenvalue weighted by Crippen LogP contribution is -2.26. The van der Waals surface area contributed by atoms with Crippen LogP contribution in [0.4, 0.5) is 10.5 Å². The van der Waals surface area contributed by atoms with E-state index >= 15 is 0 Å². The number of rotatable bonds is 5. The van der Waals surface area contributed by atoms with Gasteiger partial charge in [0.1, 0.15) is 0 Å². The summed E-state index contributed by atoms with van der Waals surface area (Å²) in [6.45, 7) is 0.515. The number of nitrogens with two attached hydrogens (primary N) is 1. The number of anilines is 1. The van der Waals surface area contributed by atoms with Crippen LogP contribution in [0.1, 0.15) is 15.9 Å². The van der Waals surface area contributed by atoms with Crippen molar-refractivity contribution in [1.82, 2.24) is 4.90 Å². The number of hydrogen-bond donors (Lipinski definition) is 2. The largest absolute Gasteiger partial charge is 0.351 e. The standard InChI is InChI=1S/C17H19N3O2S/c1-20(11-12-6-8-15(23-2)9-7-12)16(21)13-4-3-5-14(10-13)19-17(18)22/h3-10H,11H2,1-2H3,(H3,18,19,22). The molecule has 3 amide bonds. The maximum absolute atomic E-state index is 12.5. The molecule has 0 aliphatic carbocycles. The molecule has 0 aliphatic heterocycles. The molecule has 0 aromatic heterocycles. The van der Waals surface area contributed by atoms with Crippen LogP contribution in [0.3, 0.4) is 0 Å². The van der Waals surface area contributed by atoms with Gasteiger partial charge in [-0.1, -0.05) is 18.2 Å². The second kappa shape index (κ2) is 7.69. The van der Waals surface area contributed by atoms with E-state index in [1.807, 2.05) is 30.5 Å². The fourth-order valence-corrected chi connectivity index (χ4v) is 2.58. The van der Waals surface area contributed by atoms with Crippen molar-refractivity contribution >= 4 is 29.4 Å². The van der Waals surface area contributed by atoms with Crippen LogP contribution in [0.25, 0.3) is 0 Å². The molecule has 2 aromatic rings. The summed E-state index contributed by atoms with van der Waals surface area (Å²) in [5.74, 6) is -0.118. The van der Waals surface area contributed by atoms with Crippen LogP contribution < -0.4 is 11.1 Å². The zero-order valence-corrected chi connectivity index (χ0v) is 13.9. The molecular weight excluding hydrogens is 310 g/mol. The van der Waals surface area contributed by atoms with E-state index in [4.69, 9.17) is 5.73 Å². The molecule has 0 spiro atoms. The highest BCUT2D eigenvalue weighted by atomic mass is 32.2. The van der Waals surface area contributed by atoms with E-state index in [2.05, 4.69) is 5.32 Å². The Kier molecular flexibility index (Phi) is 5.65. The molecule has 0 aliphatic rings. The fraction of sp³-hybridized carbons (Fsp3) is 0.176. The molecular formula is C17H19N3O2S. The van der Waals surface area contributed by atoms with E-state index in [0.29, 0.717) is 17.8 Å². The number of hydrogen-bond acceptors (Lipinski definition) is 3. The molecule has 0 bridgehead atoms. The average molecular weight is 329 g/mol. The van der Waals surface area contributed by atoms with Crippen molar-refractivity contribution in [1.29, 1.82) is 0 Å². The quantitative estimate of drug-likeness (QED) is 0.827. The van der Waals surface area contributed by atoms with Gasteiger partial charge < -0.3 is 16.0 Å². The lowest BCUT2D eigenvalue weighted by atomic mass is 10.1. The predicted octanol–water partition coefficient (Wildman–Crippen LogP) is 3.17. The molecule has 2 rings (SSSR count). The van der Waals surface area contributed by atoms with Gasteiger partial charge in [-0.3, -0.25) is 4.79 Å². The van der Waals surface area contributed by atoms with Crippen LogP contribution in [0.15, 0.2) is 53.4 Å². The highest BCUT2D eigenvalue weighted by molar-refractivity contribution is 7.98. The van der Waals surface area contributed by atoms with Crippen LogP contribution in [-0.4, -0.2) is 30.1 Å². The minimum absolute atomic E-state index is 0.118. The Bertz CT molecular complexity index is 701. The molecule has 0 saturated carbocycles. The summed E-state index contributed by atoms with van der Waals surface area (Å²) >= 11 is 1.68. The van der Waals surface area contributed by atoms with Crippen molar-refractivity contribution in [2.24, 2.45) is 5.73 Å². The number of benzene rings is 2. The van der Waals surface area contributed by atoms with Gasteiger partial charge >= 0.3 is 6.03 Å². The molecule has 0 radical (unpaired) electrons. The lowest BCUT2D eigenvalue weighted by molar-refractivity contribution is 0.0785. The number of nitrogens with one attached hydrogen (secondary N) is 1. The molecule has 0 saturated heterocycles. The average Bonchev–Trinajstić information content (AvgIpc) is 2.54. The summed E-state index contributed by atoms with van der Waals surface area (Å²) in [5.41, 5.74) is 7.15. The molecule has 2 aromatic carbocycles. The summed E-state index contributed by atoms with van der Waals surface area (Å²) in [6, 6.07) is 14.2. The van der Waals surface area contributed by atoms with E-state index in [-0.39, 0.29) is 5.91 Å². The van der Waals surface area contributed by atoms with Crippen molar-refractivity contribution in [3.8, 4) is 0 Å². The third-order valence-electron chi connectivity index (χ3n) is 3.30. The molecule has 5 nitrogen and oxygen atoms in total. The SMILES string of the molecule is CSc1ccc(CN(C)C(=O)c2cccc(NC(N)=O)c2)cc1. The third kappa shape index (κ3) is 4.75. The second-order valence-electron chi connectivity index (χ2n) is 5.08. The Labute approximate surface area is 139 Å². The first-order chi connectivity index (χ1) is 11.0. The maximum Gasteiger partial charge on any atom is 0.316 e. The van der Waals surface area contributed by atoms with Gasteiger partial charge in [0.25, 0.3) is 5.91 Å². The summed E-state index contributed by atoms with van der Waals surface area (Å²) < 4.78 is 0. The van der Waals surface area contributed by atoms with Gasteiger partial charge in [0.2, 0.25) is 0 Å². The zero-order valence-electron chi connectivity index (χ0n) is 13.1.